The minimum atomic E-state index is -0.417. The number of hydrogen-bond acceptors (Lipinski definition) is 3. The maximum atomic E-state index is 12.1. The summed E-state index contributed by atoms with van der Waals surface area (Å²) >= 11 is 0. The predicted molar refractivity (Wildman–Crippen MR) is 87.9 cm³/mol. The Morgan fingerprint density at radius 2 is 1.77 bits per heavy atom. The van der Waals surface area contributed by atoms with Gasteiger partial charge in [0.1, 0.15) is 5.60 Å². The SMILES string of the molecule is Cc1cc(CC2CCN(C(=O)OC(C)(C)C)CC2)cc(C)n1. The molecule has 4 nitrogen and oxygen atoms in total. The van der Waals surface area contributed by atoms with Crippen molar-refractivity contribution in [2.75, 3.05) is 13.1 Å². The van der Waals surface area contributed by atoms with Crippen LogP contribution in [-0.4, -0.2) is 34.7 Å². The first-order chi connectivity index (χ1) is 10.2. The fourth-order valence-corrected chi connectivity index (χ4v) is 3.02. The summed E-state index contributed by atoms with van der Waals surface area (Å²) in [7, 11) is 0. The molecule has 1 amide bonds. The predicted octanol–water partition coefficient (Wildman–Crippen LogP) is 3.89. The lowest BCUT2D eigenvalue weighted by Gasteiger charge is -2.33. The van der Waals surface area contributed by atoms with Gasteiger partial charge < -0.3 is 9.64 Å². The number of hydrogen-bond donors (Lipinski definition) is 0. The molecule has 1 aliphatic rings. The Morgan fingerprint density at radius 3 is 2.27 bits per heavy atom. The molecule has 0 spiro atoms. The Labute approximate surface area is 133 Å². The fraction of sp³-hybridized carbons (Fsp3) is 0.667. The van der Waals surface area contributed by atoms with Crippen molar-refractivity contribution in [2.45, 2.75) is 59.5 Å². The zero-order chi connectivity index (χ0) is 16.3. The molecule has 122 valence electrons. The van der Waals surface area contributed by atoms with Crippen LogP contribution < -0.4 is 0 Å². The van der Waals surface area contributed by atoms with Crippen LogP contribution >= 0.6 is 0 Å². The second-order valence-corrected chi connectivity index (χ2v) is 7.37. The maximum Gasteiger partial charge on any atom is 0.410 e. The molecular weight excluding hydrogens is 276 g/mol. The number of nitrogens with zero attached hydrogens (tertiary/aromatic N) is 2. The van der Waals surface area contributed by atoms with E-state index in [0.717, 1.165) is 43.7 Å². The van der Waals surface area contributed by atoms with E-state index in [9.17, 15) is 4.79 Å². The normalized spacial score (nSPS) is 16.7. The van der Waals surface area contributed by atoms with Gasteiger partial charge in [0.15, 0.2) is 0 Å². The molecule has 0 bridgehead atoms. The van der Waals surface area contributed by atoms with E-state index in [-0.39, 0.29) is 6.09 Å². The number of aromatic nitrogens is 1. The Hall–Kier alpha value is -1.58. The summed E-state index contributed by atoms with van der Waals surface area (Å²) in [5.74, 6) is 0.639. The average molecular weight is 304 g/mol. The van der Waals surface area contributed by atoms with Crippen LogP contribution in [0.25, 0.3) is 0 Å². The van der Waals surface area contributed by atoms with E-state index in [4.69, 9.17) is 4.74 Å². The lowest BCUT2D eigenvalue weighted by molar-refractivity contribution is 0.0184. The van der Waals surface area contributed by atoms with Crippen molar-refractivity contribution in [1.82, 2.24) is 9.88 Å². The molecule has 1 fully saturated rings. The molecule has 2 rings (SSSR count). The first-order valence-corrected chi connectivity index (χ1v) is 8.15. The molecule has 2 heterocycles. The van der Waals surface area contributed by atoms with Crippen LogP contribution in [0.2, 0.25) is 0 Å². The van der Waals surface area contributed by atoms with Gasteiger partial charge in [-0.2, -0.15) is 0 Å². The molecule has 0 radical (unpaired) electrons. The Balaban J connectivity index is 1.86. The molecule has 1 aromatic rings. The van der Waals surface area contributed by atoms with Crippen LogP contribution in [0.5, 0.6) is 0 Å². The third-order valence-corrected chi connectivity index (χ3v) is 3.93. The molecule has 0 atom stereocenters. The van der Waals surface area contributed by atoms with E-state index in [0.29, 0.717) is 5.92 Å². The summed E-state index contributed by atoms with van der Waals surface area (Å²) in [6.07, 6.45) is 2.98. The molecule has 0 unspecified atom stereocenters. The molecule has 0 aliphatic carbocycles. The van der Waals surface area contributed by atoms with E-state index in [2.05, 4.69) is 17.1 Å². The monoisotopic (exact) mass is 304 g/mol. The zero-order valence-electron chi connectivity index (χ0n) is 14.5. The lowest BCUT2D eigenvalue weighted by Crippen LogP contribution is -2.42. The highest BCUT2D eigenvalue weighted by atomic mass is 16.6. The molecule has 0 aromatic carbocycles. The standard InChI is InChI=1S/C18H28N2O2/c1-13-10-16(11-14(2)19-13)12-15-6-8-20(9-7-15)17(21)22-18(3,4)5/h10-11,15H,6-9,12H2,1-5H3. The van der Waals surface area contributed by atoms with Crippen LogP contribution in [0, 0.1) is 19.8 Å². The first-order valence-electron chi connectivity index (χ1n) is 8.15. The van der Waals surface area contributed by atoms with Gasteiger partial charge in [0, 0.05) is 24.5 Å². The third-order valence-electron chi connectivity index (χ3n) is 3.93. The summed E-state index contributed by atoms with van der Waals surface area (Å²) in [5, 5.41) is 0. The topological polar surface area (TPSA) is 42.4 Å². The van der Waals surface area contributed by atoms with Gasteiger partial charge in [-0.05, 0) is 77.5 Å². The van der Waals surface area contributed by atoms with Crippen molar-refractivity contribution in [2.24, 2.45) is 5.92 Å². The number of aryl methyl sites for hydroxylation is 2. The Morgan fingerprint density at radius 1 is 1.23 bits per heavy atom. The van der Waals surface area contributed by atoms with E-state index >= 15 is 0 Å². The largest absolute Gasteiger partial charge is 0.444 e. The number of carbonyl (C=O) groups excluding carboxylic acids is 1. The molecule has 4 heteroatoms. The smallest absolute Gasteiger partial charge is 0.410 e. The summed E-state index contributed by atoms with van der Waals surface area (Å²) in [5.41, 5.74) is 3.11. The summed E-state index contributed by atoms with van der Waals surface area (Å²) in [6, 6.07) is 4.35. The summed E-state index contributed by atoms with van der Waals surface area (Å²) in [4.78, 5) is 18.3. The number of amides is 1. The van der Waals surface area contributed by atoms with E-state index in [1.54, 1.807) is 0 Å². The van der Waals surface area contributed by atoms with Crippen molar-refractivity contribution in [3.63, 3.8) is 0 Å². The van der Waals surface area contributed by atoms with Gasteiger partial charge >= 0.3 is 6.09 Å². The third kappa shape index (κ3) is 5.00. The van der Waals surface area contributed by atoms with Crippen LogP contribution in [0.15, 0.2) is 12.1 Å². The summed E-state index contributed by atoms with van der Waals surface area (Å²) in [6.45, 7) is 11.4. The van der Waals surface area contributed by atoms with Gasteiger partial charge in [0.25, 0.3) is 0 Å². The van der Waals surface area contributed by atoms with E-state index in [1.165, 1.54) is 5.56 Å². The Bertz CT molecular complexity index is 506. The molecule has 1 aliphatic heterocycles. The second kappa shape index (κ2) is 6.67. The quantitative estimate of drug-likeness (QED) is 0.832. The minimum Gasteiger partial charge on any atom is -0.444 e. The highest BCUT2D eigenvalue weighted by molar-refractivity contribution is 5.68. The van der Waals surface area contributed by atoms with Gasteiger partial charge in [-0.1, -0.05) is 0 Å². The van der Waals surface area contributed by atoms with Crippen LogP contribution in [0.1, 0.15) is 50.6 Å². The molecule has 22 heavy (non-hydrogen) atoms. The number of piperidine rings is 1. The average Bonchev–Trinajstić information content (AvgIpc) is 2.36. The Kier molecular flexibility index (Phi) is 5.09. The van der Waals surface area contributed by atoms with Gasteiger partial charge in [-0.25, -0.2) is 4.79 Å². The molecular formula is C18H28N2O2. The van der Waals surface area contributed by atoms with Crippen molar-refractivity contribution in [3.05, 3.63) is 29.1 Å². The highest BCUT2D eigenvalue weighted by Gasteiger charge is 2.26. The number of ether oxygens (including phenoxy) is 1. The van der Waals surface area contributed by atoms with Gasteiger partial charge in [0.05, 0.1) is 0 Å². The number of likely N-dealkylation sites (tertiary alicyclic amines) is 1. The van der Waals surface area contributed by atoms with Gasteiger partial charge in [-0.3, -0.25) is 4.98 Å². The van der Waals surface area contributed by atoms with Crippen molar-refractivity contribution < 1.29 is 9.53 Å². The second-order valence-electron chi connectivity index (χ2n) is 7.37. The molecule has 0 N–H and O–H groups in total. The maximum absolute atomic E-state index is 12.1. The zero-order valence-corrected chi connectivity index (χ0v) is 14.5. The first kappa shape index (κ1) is 16.8. The lowest BCUT2D eigenvalue weighted by atomic mass is 9.90. The van der Waals surface area contributed by atoms with E-state index < -0.39 is 5.60 Å². The summed E-state index contributed by atoms with van der Waals surface area (Å²) < 4.78 is 5.44. The highest BCUT2D eigenvalue weighted by Crippen LogP contribution is 2.23. The van der Waals surface area contributed by atoms with Gasteiger partial charge in [-0.15, -0.1) is 0 Å². The van der Waals surface area contributed by atoms with Crippen LogP contribution in [0.3, 0.4) is 0 Å². The molecule has 0 saturated carbocycles. The van der Waals surface area contributed by atoms with Gasteiger partial charge in [0.2, 0.25) is 0 Å². The molecule has 1 saturated heterocycles. The number of rotatable bonds is 2. The molecule has 1 aromatic heterocycles. The van der Waals surface area contributed by atoms with Crippen LogP contribution in [0.4, 0.5) is 4.79 Å². The van der Waals surface area contributed by atoms with Crippen LogP contribution in [-0.2, 0) is 11.2 Å². The van der Waals surface area contributed by atoms with Crippen molar-refractivity contribution >= 4 is 6.09 Å². The minimum absolute atomic E-state index is 0.179. The number of pyridine rings is 1. The fourth-order valence-electron chi connectivity index (χ4n) is 3.02. The van der Waals surface area contributed by atoms with Crippen molar-refractivity contribution in [1.29, 1.82) is 0 Å². The number of carbonyl (C=O) groups is 1. The van der Waals surface area contributed by atoms with Crippen molar-refractivity contribution in [3.8, 4) is 0 Å². The van der Waals surface area contributed by atoms with E-state index in [1.807, 2.05) is 39.5 Å².